The smallest absolute Gasteiger partial charge is 0.548 e. The zero-order valence-electron chi connectivity index (χ0n) is 14.7. The SMILES string of the molecule is CC(C)c1ccc(C(C)NC(=O)N2CC[C@@H](O)[C@H]2C(=O)[O-])cc1.[K+]. The van der Waals surface area contributed by atoms with E-state index in [0.717, 1.165) is 10.5 Å². The molecular weight excluding hydrogens is 335 g/mol. The molecule has 1 heterocycles. The van der Waals surface area contributed by atoms with Gasteiger partial charge in [0.25, 0.3) is 0 Å². The average molecular weight is 358 g/mol. The van der Waals surface area contributed by atoms with Crippen molar-refractivity contribution in [1.82, 2.24) is 10.2 Å². The van der Waals surface area contributed by atoms with Crippen molar-refractivity contribution in [3.8, 4) is 0 Å². The van der Waals surface area contributed by atoms with Crippen molar-refractivity contribution in [2.45, 2.75) is 51.3 Å². The van der Waals surface area contributed by atoms with Gasteiger partial charge in [0.15, 0.2) is 0 Å². The molecule has 1 saturated heterocycles. The van der Waals surface area contributed by atoms with Crippen LogP contribution in [0, 0.1) is 0 Å². The summed E-state index contributed by atoms with van der Waals surface area (Å²) in [6.07, 6.45) is -0.838. The minimum Gasteiger partial charge on any atom is -0.548 e. The number of urea groups is 1. The second-order valence-corrected chi connectivity index (χ2v) is 6.31. The number of hydrogen-bond donors (Lipinski definition) is 2. The summed E-state index contributed by atoms with van der Waals surface area (Å²) >= 11 is 0. The first-order valence-electron chi connectivity index (χ1n) is 7.87. The maximum absolute atomic E-state index is 12.3. The van der Waals surface area contributed by atoms with Crippen LogP contribution in [-0.4, -0.2) is 40.7 Å². The molecule has 1 aliphatic rings. The molecule has 7 heteroatoms. The molecule has 0 saturated carbocycles. The van der Waals surface area contributed by atoms with Crippen LogP contribution in [0.5, 0.6) is 0 Å². The Morgan fingerprint density at radius 3 is 2.25 bits per heavy atom. The fourth-order valence-corrected chi connectivity index (χ4v) is 2.81. The van der Waals surface area contributed by atoms with E-state index in [1.165, 1.54) is 5.56 Å². The summed E-state index contributed by atoms with van der Waals surface area (Å²) in [5, 5.41) is 23.5. The van der Waals surface area contributed by atoms with E-state index >= 15 is 0 Å². The number of aliphatic carboxylic acids is 1. The number of carboxylic acids is 1. The second-order valence-electron chi connectivity index (χ2n) is 6.31. The first-order valence-corrected chi connectivity index (χ1v) is 7.87. The number of amides is 2. The van der Waals surface area contributed by atoms with E-state index in [0.29, 0.717) is 5.92 Å². The summed E-state index contributed by atoms with van der Waals surface area (Å²) in [5.74, 6) is -0.997. The van der Waals surface area contributed by atoms with E-state index in [4.69, 9.17) is 0 Å². The third-order valence-corrected chi connectivity index (χ3v) is 4.31. The van der Waals surface area contributed by atoms with E-state index in [1.54, 1.807) is 0 Å². The number of nitrogens with zero attached hydrogens (tertiary/aromatic N) is 1. The molecule has 0 bridgehead atoms. The summed E-state index contributed by atoms with van der Waals surface area (Å²) in [4.78, 5) is 24.5. The van der Waals surface area contributed by atoms with Crippen molar-refractivity contribution in [3.05, 3.63) is 35.4 Å². The largest absolute Gasteiger partial charge is 1.00 e. The number of carboxylic acid groups (broad SMARTS) is 1. The first kappa shape index (κ1) is 21.6. The molecule has 1 aromatic carbocycles. The Balaban J connectivity index is 0.00000288. The topological polar surface area (TPSA) is 92.7 Å². The van der Waals surface area contributed by atoms with Gasteiger partial charge in [0.2, 0.25) is 0 Å². The summed E-state index contributed by atoms with van der Waals surface area (Å²) in [5.41, 5.74) is 2.15. The third kappa shape index (κ3) is 5.03. The van der Waals surface area contributed by atoms with Crippen molar-refractivity contribution in [1.29, 1.82) is 0 Å². The number of benzene rings is 1. The van der Waals surface area contributed by atoms with Gasteiger partial charge >= 0.3 is 57.4 Å². The Kier molecular flexibility index (Phi) is 8.38. The molecule has 0 aromatic heterocycles. The average Bonchev–Trinajstić information content (AvgIpc) is 2.89. The van der Waals surface area contributed by atoms with Crippen LogP contribution in [0.15, 0.2) is 24.3 Å². The van der Waals surface area contributed by atoms with Crippen LogP contribution in [-0.2, 0) is 4.79 Å². The number of aliphatic hydroxyl groups excluding tert-OH is 1. The number of aliphatic hydroxyl groups is 1. The Hall–Kier alpha value is -0.444. The maximum atomic E-state index is 12.3. The van der Waals surface area contributed by atoms with Gasteiger partial charge in [-0.15, -0.1) is 0 Å². The van der Waals surface area contributed by atoms with E-state index < -0.39 is 24.1 Å². The molecule has 2 rings (SSSR count). The normalized spacial score (nSPS) is 21.3. The molecule has 24 heavy (non-hydrogen) atoms. The number of carbonyl (C=O) groups is 2. The standard InChI is InChI=1S/C17H24N2O4.K/c1-10(2)12-4-6-13(7-5-12)11(3)18-17(23)19-9-8-14(20)15(19)16(21)22;/h4-7,10-11,14-15,20H,8-9H2,1-3H3,(H,18,23)(H,21,22);/q;+1/p-1/t11?,14-,15+;/m1./s1. The summed E-state index contributed by atoms with van der Waals surface area (Å²) in [7, 11) is 0. The molecule has 126 valence electrons. The molecule has 1 aliphatic heterocycles. The quantitative estimate of drug-likeness (QED) is 0.596. The molecule has 6 nitrogen and oxygen atoms in total. The number of rotatable bonds is 4. The molecule has 0 radical (unpaired) electrons. The Labute approximate surface area is 185 Å². The summed E-state index contributed by atoms with van der Waals surface area (Å²) < 4.78 is 0. The van der Waals surface area contributed by atoms with Crippen LogP contribution in [0.1, 0.15) is 50.3 Å². The maximum Gasteiger partial charge on any atom is 1.00 e. The number of hydrogen-bond acceptors (Lipinski definition) is 4. The third-order valence-electron chi connectivity index (χ3n) is 4.31. The molecule has 2 N–H and O–H groups in total. The van der Waals surface area contributed by atoms with E-state index in [-0.39, 0.29) is 70.4 Å². The van der Waals surface area contributed by atoms with Crippen molar-refractivity contribution in [3.63, 3.8) is 0 Å². The summed E-state index contributed by atoms with van der Waals surface area (Å²) in [6, 6.07) is 5.90. The minimum atomic E-state index is -1.43. The van der Waals surface area contributed by atoms with Gasteiger partial charge in [-0.1, -0.05) is 38.1 Å². The van der Waals surface area contributed by atoms with Gasteiger partial charge in [0.1, 0.15) is 0 Å². The molecule has 1 aromatic rings. The molecule has 3 atom stereocenters. The monoisotopic (exact) mass is 358 g/mol. The van der Waals surface area contributed by atoms with Crippen LogP contribution in [0.4, 0.5) is 4.79 Å². The van der Waals surface area contributed by atoms with Gasteiger partial charge in [-0.25, -0.2) is 4.79 Å². The van der Waals surface area contributed by atoms with E-state index in [9.17, 15) is 19.8 Å². The van der Waals surface area contributed by atoms with Gasteiger partial charge in [0.05, 0.1) is 24.2 Å². The Morgan fingerprint density at radius 1 is 1.21 bits per heavy atom. The van der Waals surface area contributed by atoms with Crippen LogP contribution in [0.3, 0.4) is 0 Å². The fraction of sp³-hybridized carbons (Fsp3) is 0.529. The fourth-order valence-electron chi connectivity index (χ4n) is 2.81. The molecule has 0 spiro atoms. The molecule has 0 aliphatic carbocycles. The molecule has 1 unspecified atom stereocenters. The van der Waals surface area contributed by atoms with Crippen molar-refractivity contribution >= 4 is 12.0 Å². The Morgan fingerprint density at radius 2 is 1.75 bits per heavy atom. The van der Waals surface area contributed by atoms with Crippen LogP contribution in [0.25, 0.3) is 0 Å². The number of carbonyl (C=O) groups excluding carboxylic acids is 2. The zero-order valence-corrected chi connectivity index (χ0v) is 17.8. The minimum absolute atomic E-state index is 0. The van der Waals surface area contributed by atoms with Gasteiger partial charge in [-0.3, -0.25) is 0 Å². The first-order chi connectivity index (χ1) is 10.8. The van der Waals surface area contributed by atoms with Crippen molar-refractivity contribution < 1.29 is 71.2 Å². The summed E-state index contributed by atoms with van der Waals surface area (Å²) in [6.45, 7) is 6.26. The molecular formula is C17H23KN2O4. The predicted molar refractivity (Wildman–Crippen MR) is 83.6 cm³/mol. The van der Waals surface area contributed by atoms with Crippen LogP contribution < -0.4 is 61.8 Å². The van der Waals surface area contributed by atoms with E-state index in [2.05, 4.69) is 19.2 Å². The number of nitrogens with one attached hydrogen (secondary N) is 1. The Bertz CT molecular complexity index is 576. The van der Waals surface area contributed by atoms with Crippen LogP contribution in [0.2, 0.25) is 0 Å². The van der Waals surface area contributed by atoms with Gasteiger partial charge in [-0.2, -0.15) is 0 Å². The van der Waals surface area contributed by atoms with Crippen molar-refractivity contribution in [2.75, 3.05) is 6.54 Å². The van der Waals surface area contributed by atoms with Crippen LogP contribution >= 0.6 is 0 Å². The molecule has 1 fully saturated rings. The van der Waals surface area contributed by atoms with Gasteiger partial charge in [-0.05, 0) is 30.4 Å². The van der Waals surface area contributed by atoms with Gasteiger partial charge in [0, 0.05) is 6.54 Å². The van der Waals surface area contributed by atoms with Crippen molar-refractivity contribution in [2.24, 2.45) is 0 Å². The van der Waals surface area contributed by atoms with Gasteiger partial charge < -0.3 is 25.2 Å². The zero-order chi connectivity index (χ0) is 17.1. The predicted octanol–water partition coefficient (Wildman–Crippen LogP) is -2.23. The number of likely N-dealkylation sites (tertiary alicyclic amines) is 1. The second kappa shape index (κ2) is 9.31. The molecule has 2 amide bonds. The van der Waals surface area contributed by atoms with E-state index in [1.807, 2.05) is 31.2 Å².